The predicted octanol–water partition coefficient (Wildman–Crippen LogP) is 0.172. The molecule has 0 aromatic heterocycles. The van der Waals surface area contributed by atoms with E-state index in [1.54, 1.807) is 11.0 Å². The van der Waals surface area contributed by atoms with Crippen molar-refractivity contribution in [2.75, 3.05) is 26.3 Å². The van der Waals surface area contributed by atoms with Crippen LogP contribution in [0.25, 0.3) is 0 Å². The molecule has 4 heteroatoms. The minimum atomic E-state index is -0.224. The molecule has 1 saturated heterocycles. The molecule has 0 aliphatic carbocycles. The van der Waals surface area contributed by atoms with E-state index in [1.165, 1.54) is 0 Å². The molecular weight excluding hydrogens is 182 g/mol. The van der Waals surface area contributed by atoms with Crippen LogP contribution in [0.15, 0.2) is 11.6 Å². The number of carbonyl (C=O) groups excluding carboxylic acids is 1. The van der Waals surface area contributed by atoms with Gasteiger partial charge < -0.3 is 14.7 Å². The normalized spacial score (nSPS) is 21.9. The third-order valence-electron chi connectivity index (χ3n) is 2.07. The SMILES string of the molecule is CC(C)=CC(=O)N1CCOC(CO)C1. The lowest BCUT2D eigenvalue weighted by molar-refractivity contribution is -0.135. The Labute approximate surface area is 84.2 Å². The highest BCUT2D eigenvalue weighted by atomic mass is 16.5. The first-order valence-electron chi connectivity index (χ1n) is 4.79. The molecule has 0 aromatic carbocycles. The van der Waals surface area contributed by atoms with Gasteiger partial charge in [-0.1, -0.05) is 5.57 Å². The average Bonchev–Trinajstić information content (AvgIpc) is 2.17. The molecule has 1 rings (SSSR count). The Bertz CT molecular complexity index is 234. The summed E-state index contributed by atoms with van der Waals surface area (Å²) in [5.74, 6) is 0.00625. The minimum Gasteiger partial charge on any atom is -0.394 e. The van der Waals surface area contributed by atoms with Gasteiger partial charge in [0.1, 0.15) is 0 Å². The summed E-state index contributed by atoms with van der Waals surface area (Å²) < 4.78 is 5.25. The van der Waals surface area contributed by atoms with Crippen molar-refractivity contribution >= 4 is 5.91 Å². The van der Waals surface area contributed by atoms with Gasteiger partial charge in [0.25, 0.3) is 0 Å². The summed E-state index contributed by atoms with van der Waals surface area (Å²) in [7, 11) is 0. The lowest BCUT2D eigenvalue weighted by atomic mass is 10.2. The van der Waals surface area contributed by atoms with Crippen LogP contribution in [0.4, 0.5) is 0 Å². The molecule has 80 valence electrons. The van der Waals surface area contributed by atoms with Crippen LogP contribution in [0.2, 0.25) is 0 Å². The standard InChI is InChI=1S/C10H17NO3/c1-8(2)5-10(13)11-3-4-14-9(6-11)7-12/h5,9,12H,3-4,6-7H2,1-2H3. The fourth-order valence-corrected chi connectivity index (χ4v) is 1.37. The number of amides is 1. The Morgan fingerprint density at radius 2 is 2.36 bits per heavy atom. The molecule has 1 aliphatic heterocycles. The highest BCUT2D eigenvalue weighted by molar-refractivity contribution is 5.88. The second-order valence-corrected chi connectivity index (χ2v) is 3.68. The Morgan fingerprint density at radius 3 is 2.93 bits per heavy atom. The van der Waals surface area contributed by atoms with Crippen LogP contribution >= 0.6 is 0 Å². The van der Waals surface area contributed by atoms with Gasteiger partial charge in [-0.2, -0.15) is 0 Å². The predicted molar refractivity (Wildman–Crippen MR) is 52.8 cm³/mol. The Balaban J connectivity index is 2.51. The number of allylic oxidation sites excluding steroid dienone is 1. The fraction of sp³-hybridized carbons (Fsp3) is 0.700. The molecule has 1 unspecified atom stereocenters. The van der Waals surface area contributed by atoms with Crippen molar-refractivity contribution in [1.29, 1.82) is 0 Å². The van der Waals surface area contributed by atoms with Crippen molar-refractivity contribution in [3.05, 3.63) is 11.6 Å². The van der Waals surface area contributed by atoms with E-state index >= 15 is 0 Å². The van der Waals surface area contributed by atoms with E-state index in [1.807, 2.05) is 13.8 Å². The largest absolute Gasteiger partial charge is 0.394 e. The maximum atomic E-state index is 11.6. The van der Waals surface area contributed by atoms with Crippen LogP contribution in [-0.4, -0.2) is 48.3 Å². The Kier molecular flexibility index (Phi) is 4.10. The zero-order chi connectivity index (χ0) is 10.6. The molecule has 1 N–H and O–H groups in total. The second-order valence-electron chi connectivity index (χ2n) is 3.68. The van der Waals surface area contributed by atoms with Gasteiger partial charge in [0, 0.05) is 19.2 Å². The van der Waals surface area contributed by atoms with Crippen molar-refractivity contribution in [3.63, 3.8) is 0 Å². The smallest absolute Gasteiger partial charge is 0.246 e. The maximum absolute atomic E-state index is 11.6. The first-order chi connectivity index (χ1) is 6.63. The highest BCUT2D eigenvalue weighted by Gasteiger charge is 2.22. The summed E-state index contributed by atoms with van der Waals surface area (Å²) >= 11 is 0. The number of morpholine rings is 1. The van der Waals surface area contributed by atoms with Gasteiger partial charge in [0.05, 0.1) is 19.3 Å². The highest BCUT2D eigenvalue weighted by Crippen LogP contribution is 2.06. The molecule has 1 atom stereocenters. The second kappa shape index (κ2) is 5.12. The molecule has 1 amide bonds. The molecule has 1 heterocycles. The third kappa shape index (κ3) is 3.12. The van der Waals surface area contributed by atoms with Crippen LogP contribution in [-0.2, 0) is 9.53 Å². The summed E-state index contributed by atoms with van der Waals surface area (Å²) in [5.41, 5.74) is 0.988. The molecule has 1 fully saturated rings. The zero-order valence-electron chi connectivity index (χ0n) is 8.69. The maximum Gasteiger partial charge on any atom is 0.246 e. The first kappa shape index (κ1) is 11.2. The van der Waals surface area contributed by atoms with Crippen LogP contribution in [0, 0.1) is 0 Å². The number of aliphatic hydroxyl groups is 1. The first-order valence-corrected chi connectivity index (χ1v) is 4.79. The third-order valence-corrected chi connectivity index (χ3v) is 2.07. The fourth-order valence-electron chi connectivity index (χ4n) is 1.37. The van der Waals surface area contributed by atoms with Crippen LogP contribution in [0.3, 0.4) is 0 Å². The molecule has 0 spiro atoms. The molecule has 1 aliphatic rings. The van der Waals surface area contributed by atoms with Gasteiger partial charge in [0.15, 0.2) is 0 Å². The van der Waals surface area contributed by atoms with Crippen LogP contribution in [0.5, 0.6) is 0 Å². The van der Waals surface area contributed by atoms with Crippen molar-refractivity contribution < 1.29 is 14.6 Å². The molecule has 0 radical (unpaired) electrons. The van der Waals surface area contributed by atoms with Crippen molar-refractivity contribution in [1.82, 2.24) is 4.90 Å². The van der Waals surface area contributed by atoms with Gasteiger partial charge >= 0.3 is 0 Å². The summed E-state index contributed by atoms with van der Waals surface area (Å²) in [4.78, 5) is 13.3. The topological polar surface area (TPSA) is 49.8 Å². The monoisotopic (exact) mass is 199 g/mol. The number of ether oxygens (including phenoxy) is 1. The van der Waals surface area contributed by atoms with E-state index in [0.29, 0.717) is 19.7 Å². The molecule has 0 bridgehead atoms. The number of aliphatic hydroxyl groups excluding tert-OH is 1. The van der Waals surface area contributed by atoms with E-state index in [9.17, 15) is 4.79 Å². The van der Waals surface area contributed by atoms with E-state index in [4.69, 9.17) is 9.84 Å². The van der Waals surface area contributed by atoms with Crippen LogP contribution < -0.4 is 0 Å². The van der Waals surface area contributed by atoms with E-state index in [2.05, 4.69) is 0 Å². The average molecular weight is 199 g/mol. The van der Waals surface area contributed by atoms with Crippen molar-refractivity contribution in [2.24, 2.45) is 0 Å². The Morgan fingerprint density at radius 1 is 1.64 bits per heavy atom. The van der Waals surface area contributed by atoms with Crippen molar-refractivity contribution in [2.45, 2.75) is 20.0 Å². The zero-order valence-corrected chi connectivity index (χ0v) is 8.69. The molecular formula is C10H17NO3. The van der Waals surface area contributed by atoms with Gasteiger partial charge in [-0.3, -0.25) is 4.79 Å². The summed E-state index contributed by atoms with van der Waals surface area (Å²) in [6, 6.07) is 0. The number of nitrogens with zero attached hydrogens (tertiary/aromatic N) is 1. The molecule has 4 nitrogen and oxygen atoms in total. The van der Waals surface area contributed by atoms with Gasteiger partial charge in [0.2, 0.25) is 5.91 Å². The lowest BCUT2D eigenvalue weighted by Gasteiger charge is -2.31. The Hall–Kier alpha value is -0.870. The summed E-state index contributed by atoms with van der Waals surface area (Å²) in [5, 5.41) is 8.89. The van der Waals surface area contributed by atoms with Gasteiger partial charge in [-0.05, 0) is 13.8 Å². The lowest BCUT2D eigenvalue weighted by Crippen LogP contribution is -2.46. The molecule has 0 aromatic rings. The number of hydrogen-bond donors (Lipinski definition) is 1. The number of hydrogen-bond acceptors (Lipinski definition) is 3. The van der Waals surface area contributed by atoms with Gasteiger partial charge in [-0.25, -0.2) is 0 Å². The van der Waals surface area contributed by atoms with Crippen LogP contribution in [0.1, 0.15) is 13.8 Å². The minimum absolute atomic E-state index is 0.00625. The summed E-state index contributed by atoms with van der Waals surface area (Å²) in [6.45, 7) is 5.36. The molecule has 14 heavy (non-hydrogen) atoms. The van der Waals surface area contributed by atoms with E-state index < -0.39 is 0 Å². The number of rotatable bonds is 2. The number of carbonyl (C=O) groups is 1. The molecule has 0 saturated carbocycles. The quantitative estimate of drug-likeness (QED) is 0.645. The van der Waals surface area contributed by atoms with Gasteiger partial charge in [-0.15, -0.1) is 0 Å². The van der Waals surface area contributed by atoms with E-state index in [-0.39, 0.29) is 18.6 Å². The summed E-state index contributed by atoms with van der Waals surface area (Å²) in [6.07, 6.45) is 1.39. The van der Waals surface area contributed by atoms with E-state index in [0.717, 1.165) is 5.57 Å². The van der Waals surface area contributed by atoms with Crippen molar-refractivity contribution in [3.8, 4) is 0 Å².